The maximum absolute atomic E-state index is 12.4. The molecule has 0 N–H and O–H groups in total. The zero-order valence-electron chi connectivity index (χ0n) is 8.11. The van der Waals surface area contributed by atoms with E-state index in [-0.39, 0.29) is 10.3 Å². The summed E-state index contributed by atoms with van der Waals surface area (Å²) >= 11 is 6.14. The smallest absolute Gasteiger partial charge is 0.298 e. The van der Waals surface area contributed by atoms with Crippen molar-refractivity contribution in [3.63, 3.8) is 0 Å². The van der Waals surface area contributed by atoms with Crippen LogP contribution in [0.25, 0.3) is 0 Å². The number of carbonyl (C=O) groups is 1. The van der Waals surface area contributed by atoms with Crippen molar-refractivity contribution in [1.82, 2.24) is 0 Å². The minimum atomic E-state index is -4.38. The Morgan fingerprint density at radius 3 is 2.31 bits per heavy atom. The lowest BCUT2D eigenvalue weighted by atomic mass is 10.1. The minimum absolute atomic E-state index is 0.166. The molecule has 0 amide bonds. The molecule has 0 radical (unpaired) electrons. The first-order valence-corrected chi connectivity index (χ1v) is 5.95. The normalized spacial score (nSPS) is 13.6. The summed E-state index contributed by atoms with van der Waals surface area (Å²) in [7, 11) is 0. The van der Waals surface area contributed by atoms with E-state index in [1.54, 1.807) is 0 Å². The third kappa shape index (κ3) is 3.07. The fraction of sp³-hybridized carbons (Fsp3) is 0.300. The number of alkyl halides is 4. The first kappa shape index (κ1) is 13.7. The van der Waals surface area contributed by atoms with E-state index < -0.39 is 16.6 Å². The average Bonchev–Trinajstić information content (AvgIpc) is 2.15. The Balaban J connectivity index is 3.15. The van der Waals surface area contributed by atoms with Crippen molar-refractivity contribution in [2.24, 2.45) is 0 Å². The molecule has 0 aliphatic heterocycles. The maximum Gasteiger partial charge on any atom is 0.416 e. The lowest BCUT2D eigenvalue weighted by Crippen LogP contribution is -2.07. The number of Topliss-reactive ketones (excluding diaryl/α,β-unsaturated/α-hetero) is 1. The van der Waals surface area contributed by atoms with E-state index >= 15 is 0 Å². The third-order valence-electron chi connectivity index (χ3n) is 1.96. The van der Waals surface area contributed by atoms with Crippen LogP contribution in [0, 0.1) is 0 Å². The largest absolute Gasteiger partial charge is 0.416 e. The van der Waals surface area contributed by atoms with E-state index in [1.807, 2.05) is 0 Å². The summed E-state index contributed by atoms with van der Waals surface area (Å²) in [5.74, 6) is -0.166. The summed E-state index contributed by atoms with van der Waals surface area (Å²) in [6.07, 6.45) is -4.38. The molecule has 1 nitrogen and oxygen atoms in total. The molecule has 0 aromatic heterocycles. The van der Waals surface area contributed by atoms with E-state index in [0.717, 1.165) is 12.1 Å². The topological polar surface area (TPSA) is 17.1 Å². The predicted octanol–water partition coefficient (Wildman–Crippen LogP) is 4.49. The van der Waals surface area contributed by atoms with Crippen LogP contribution in [0.4, 0.5) is 13.2 Å². The van der Waals surface area contributed by atoms with Gasteiger partial charge in [-0.2, -0.15) is 13.2 Å². The molecule has 6 heteroatoms. The molecular weight excluding hydrogens is 353 g/mol. The molecular formula is C10H7Br2F3O. The lowest BCUT2D eigenvalue weighted by molar-refractivity contribution is -0.137. The van der Waals surface area contributed by atoms with Crippen molar-refractivity contribution in [3.05, 3.63) is 33.8 Å². The van der Waals surface area contributed by atoms with Gasteiger partial charge in [0.15, 0.2) is 0 Å². The molecule has 16 heavy (non-hydrogen) atoms. The van der Waals surface area contributed by atoms with Crippen molar-refractivity contribution >= 4 is 37.6 Å². The lowest BCUT2D eigenvalue weighted by Gasteiger charge is -2.12. The molecule has 0 spiro atoms. The van der Waals surface area contributed by atoms with E-state index in [1.165, 1.54) is 13.0 Å². The highest BCUT2D eigenvalue weighted by molar-refractivity contribution is 9.11. The van der Waals surface area contributed by atoms with Gasteiger partial charge in [0, 0.05) is 4.47 Å². The molecule has 1 aromatic carbocycles. The Morgan fingerprint density at radius 1 is 1.38 bits per heavy atom. The second kappa shape index (κ2) is 4.87. The summed E-state index contributed by atoms with van der Waals surface area (Å²) in [6.45, 7) is 1.36. The van der Waals surface area contributed by atoms with Gasteiger partial charge in [0.2, 0.25) is 0 Å². The molecule has 0 aliphatic rings. The Morgan fingerprint density at radius 2 is 1.94 bits per heavy atom. The predicted molar refractivity (Wildman–Crippen MR) is 61.5 cm³/mol. The van der Waals surface area contributed by atoms with Crippen LogP contribution in [-0.4, -0.2) is 5.78 Å². The Hall–Kier alpha value is -0.360. The number of benzene rings is 1. The molecule has 1 unspecified atom stereocenters. The van der Waals surface area contributed by atoms with E-state index in [0.29, 0.717) is 5.56 Å². The first-order chi connectivity index (χ1) is 7.23. The van der Waals surface area contributed by atoms with Crippen LogP contribution in [0.1, 0.15) is 22.9 Å². The molecule has 0 fully saturated rings. The van der Waals surface area contributed by atoms with Gasteiger partial charge in [0.25, 0.3) is 0 Å². The molecule has 0 heterocycles. The van der Waals surface area contributed by atoms with E-state index in [4.69, 9.17) is 0 Å². The molecule has 1 atom stereocenters. The summed E-state index contributed by atoms with van der Waals surface area (Å²) in [6, 6.07) is 3.21. The Kier molecular flexibility index (Phi) is 4.17. The van der Waals surface area contributed by atoms with Crippen LogP contribution in [0.15, 0.2) is 22.7 Å². The van der Waals surface area contributed by atoms with Gasteiger partial charge in [-0.3, -0.25) is 4.79 Å². The maximum atomic E-state index is 12.4. The van der Waals surface area contributed by atoms with Crippen LogP contribution in [0.2, 0.25) is 0 Å². The van der Waals surface area contributed by atoms with Crippen molar-refractivity contribution in [2.75, 3.05) is 0 Å². The monoisotopic (exact) mass is 358 g/mol. The highest BCUT2D eigenvalue weighted by atomic mass is 79.9. The molecule has 0 bridgehead atoms. The van der Waals surface area contributed by atoms with Crippen LogP contribution < -0.4 is 0 Å². The summed E-state index contributed by atoms with van der Waals surface area (Å²) < 4.78 is 37.3. The van der Waals surface area contributed by atoms with Gasteiger partial charge in [0.05, 0.1) is 10.4 Å². The van der Waals surface area contributed by atoms with Crippen LogP contribution in [0.5, 0.6) is 0 Å². The van der Waals surface area contributed by atoms with Crippen molar-refractivity contribution in [2.45, 2.75) is 17.9 Å². The quantitative estimate of drug-likeness (QED) is 0.711. The first-order valence-electron chi connectivity index (χ1n) is 4.24. The number of ketones is 1. The molecule has 0 aliphatic carbocycles. The van der Waals surface area contributed by atoms with Gasteiger partial charge in [0.1, 0.15) is 5.78 Å². The van der Waals surface area contributed by atoms with Crippen LogP contribution in [0.3, 0.4) is 0 Å². The standard InChI is InChI=1S/C10H7Br2F3O/c1-5(16)9(12)7-3-2-6(4-8(7)11)10(13,14)15/h2-4,9H,1H3. The van der Waals surface area contributed by atoms with Gasteiger partial charge in [-0.1, -0.05) is 37.9 Å². The summed E-state index contributed by atoms with van der Waals surface area (Å²) in [4.78, 5) is 10.5. The highest BCUT2D eigenvalue weighted by Crippen LogP contribution is 2.36. The van der Waals surface area contributed by atoms with Crippen LogP contribution in [-0.2, 0) is 11.0 Å². The van der Waals surface area contributed by atoms with Gasteiger partial charge in [-0.05, 0) is 24.6 Å². The molecule has 88 valence electrons. The zero-order valence-corrected chi connectivity index (χ0v) is 11.3. The van der Waals surface area contributed by atoms with Crippen LogP contribution >= 0.6 is 31.9 Å². The highest BCUT2D eigenvalue weighted by Gasteiger charge is 2.31. The van der Waals surface area contributed by atoms with Crippen molar-refractivity contribution in [1.29, 1.82) is 0 Å². The van der Waals surface area contributed by atoms with Gasteiger partial charge in [-0.25, -0.2) is 0 Å². The third-order valence-corrected chi connectivity index (χ3v) is 3.78. The number of hydrogen-bond donors (Lipinski definition) is 0. The summed E-state index contributed by atoms with van der Waals surface area (Å²) in [5, 5.41) is 0. The zero-order chi connectivity index (χ0) is 12.5. The number of halogens is 5. The Bertz CT molecular complexity index is 415. The molecule has 1 rings (SSSR count). The number of hydrogen-bond acceptors (Lipinski definition) is 1. The van der Waals surface area contributed by atoms with Crippen molar-refractivity contribution < 1.29 is 18.0 Å². The molecule has 1 aromatic rings. The summed E-state index contributed by atoms with van der Waals surface area (Å²) in [5.41, 5.74) is -0.258. The fourth-order valence-corrected chi connectivity index (χ4v) is 2.44. The van der Waals surface area contributed by atoms with Gasteiger partial charge in [-0.15, -0.1) is 0 Å². The fourth-order valence-electron chi connectivity index (χ4n) is 1.13. The molecule has 0 saturated carbocycles. The second-order valence-corrected chi connectivity index (χ2v) is 4.98. The average molecular weight is 360 g/mol. The number of carbonyl (C=O) groups excluding carboxylic acids is 1. The van der Waals surface area contributed by atoms with Crippen molar-refractivity contribution in [3.8, 4) is 0 Å². The van der Waals surface area contributed by atoms with Gasteiger partial charge < -0.3 is 0 Å². The van der Waals surface area contributed by atoms with Gasteiger partial charge >= 0.3 is 6.18 Å². The van der Waals surface area contributed by atoms with E-state index in [2.05, 4.69) is 31.9 Å². The Labute approximate surface area is 107 Å². The second-order valence-electron chi connectivity index (χ2n) is 3.21. The molecule has 0 saturated heterocycles. The van der Waals surface area contributed by atoms with E-state index in [9.17, 15) is 18.0 Å². The minimum Gasteiger partial charge on any atom is -0.298 e. The number of rotatable bonds is 2. The SMILES string of the molecule is CC(=O)C(Br)c1ccc(C(F)(F)F)cc1Br.